The van der Waals surface area contributed by atoms with Crippen LogP contribution >= 0.6 is 15.6 Å². The first-order valence-electron chi connectivity index (χ1n) is 40.2. The largest absolute Gasteiger partial charge is 0.472 e. The van der Waals surface area contributed by atoms with E-state index in [-0.39, 0.29) is 25.7 Å². The summed E-state index contributed by atoms with van der Waals surface area (Å²) in [5.74, 6) is 0.940. The van der Waals surface area contributed by atoms with Gasteiger partial charge in [0.1, 0.15) is 19.3 Å². The zero-order valence-corrected chi connectivity index (χ0v) is 65.5. The molecule has 0 aromatic heterocycles. The van der Waals surface area contributed by atoms with E-state index >= 15 is 0 Å². The summed E-state index contributed by atoms with van der Waals surface area (Å²) >= 11 is 0. The van der Waals surface area contributed by atoms with Crippen molar-refractivity contribution < 1.29 is 80.2 Å². The van der Waals surface area contributed by atoms with Crippen LogP contribution in [0, 0.1) is 23.7 Å². The molecule has 576 valence electrons. The summed E-state index contributed by atoms with van der Waals surface area (Å²) in [6.45, 7) is 14.2. The van der Waals surface area contributed by atoms with Crippen LogP contribution in [-0.4, -0.2) is 96.7 Å². The average molecular weight is 1420 g/mol. The fraction of sp³-hybridized carbons (Fsp3) is 0.949. The Bertz CT molecular complexity index is 1900. The first-order chi connectivity index (χ1) is 46.6. The SMILES string of the molecule is CCC(C)CCCCCCCCCCCCC(=O)OC[C@H](COP(=O)(O)OCC(O)COP(=O)(O)OC[C@@H](COC(=O)CCCCCCCCC(C)C)OC(=O)CCCCCCCCCCCCCCCCCCCCC(C)C)OC(=O)CCCCCCCCCCCCC(C)C. The van der Waals surface area contributed by atoms with Crippen LogP contribution in [0.1, 0.15) is 396 Å². The number of carbonyl (C=O) groups excluding carboxylic acids is 4. The van der Waals surface area contributed by atoms with Crippen molar-refractivity contribution in [1.82, 2.24) is 0 Å². The lowest BCUT2D eigenvalue weighted by Gasteiger charge is -2.21. The number of aliphatic hydroxyl groups excluding tert-OH is 1. The molecule has 0 rings (SSSR count). The van der Waals surface area contributed by atoms with Gasteiger partial charge in [-0.05, 0) is 49.4 Å². The number of hydrogen-bond acceptors (Lipinski definition) is 15. The summed E-state index contributed by atoms with van der Waals surface area (Å²) in [5.41, 5.74) is 0. The minimum absolute atomic E-state index is 0.105. The van der Waals surface area contributed by atoms with Gasteiger partial charge in [0.25, 0.3) is 0 Å². The van der Waals surface area contributed by atoms with Crippen molar-refractivity contribution in [1.29, 1.82) is 0 Å². The molecule has 4 unspecified atom stereocenters. The van der Waals surface area contributed by atoms with E-state index in [4.69, 9.17) is 37.0 Å². The van der Waals surface area contributed by atoms with Crippen molar-refractivity contribution in [3.8, 4) is 0 Å². The number of ether oxygens (including phenoxy) is 4. The predicted molar refractivity (Wildman–Crippen MR) is 395 cm³/mol. The van der Waals surface area contributed by atoms with E-state index in [0.29, 0.717) is 31.6 Å². The van der Waals surface area contributed by atoms with Gasteiger partial charge in [0.2, 0.25) is 0 Å². The zero-order valence-electron chi connectivity index (χ0n) is 63.7. The molecular formula is C78H152O17P2. The normalized spacial score (nSPS) is 14.4. The van der Waals surface area contributed by atoms with E-state index in [1.807, 2.05) is 0 Å². The van der Waals surface area contributed by atoms with Gasteiger partial charge in [0, 0.05) is 25.7 Å². The highest BCUT2D eigenvalue weighted by molar-refractivity contribution is 7.47. The fourth-order valence-electron chi connectivity index (χ4n) is 11.9. The van der Waals surface area contributed by atoms with E-state index in [0.717, 1.165) is 114 Å². The standard InChI is InChI=1S/C78H152O17P2/c1-9-71(8)57-49-41-32-26-21-23-27-33-42-50-58-75(80)88-64-73(94-78(83)61-53-45-35-29-22-20-25-31-39-47-55-69(4)5)66-92-96(84,85)90-62-72(79)63-91-97(86,87)93-67-74(65-89-76(81)59-51-43-37-36-40-48-56-70(6)7)95-77(82)60-52-44-34-28-19-17-15-13-11-10-12-14-16-18-24-30-38-46-54-68(2)3/h68-74,79H,9-67H2,1-8H3,(H,84,85)(H,86,87)/t71?,72?,73-,74-/m1/s1. The van der Waals surface area contributed by atoms with Gasteiger partial charge in [0.15, 0.2) is 12.2 Å². The topological polar surface area (TPSA) is 237 Å². The Labute approximate surface area is 594 Å². The Morgan fingerprint density at radius 2 is 0.495 bits per heavy atom. The summed E-state index contributed by atoms with van der Waals surface area (Å²) in [5, 5.41) is 10.6. The molecular weight excluding hydrogens is 1270 g/mol. The lowest BCUT2D eigenvalue weighted by atomic mass is 9.99. The minimum atomic E-state index is -4.96. The highest BCUT2D eigenvalue weighted by Crippen LogP contribution is 2.45. The molecule has 3 N–H and O–H groups in total. The van der Waals surface area contributed by atoms with Crippen molar-refractivity contribution in [2.75, 3.05) is 39.6 Å². The first kappa shape index (κ1) is 95.1. The van der Waals surface area contributed by atoms with E-state index in [9.17, 15) is 43.2 Å². The molecule has 0 aliphatic rings. The predicted octanol–water partition coefficient (Wildman–Crippen LogP) is 22.8. The van der Waals surface area contributed by atoms with E-state index in [1.165, 1.54) is 193 Å². The molecule has 0 saturated carbocycles. The molecule has 0 aliphatic carbocycles. The molecule has 17 nitrogen and oxygen atoms in total. The molecule has 0 fully saturated rings. The lowest BCUT2D eigenvalue weighted by molar-refractivity contribution is -0.161. The second kappa shape index (κ2) is 67.2. The molecule has 0 heterocycles. The summed E-state index contributed by atoms with van der Waals surface area (Å²) in [6.07, 6.45) is 52.9. The molecule has 0 spiro atoms. The fourth-order valence-corrected chi connectivity index (χ4v) is 13.5. The Hall–Kier alpha value is -1.94. The molecule has 0 saturated heterocycles. The highest BCUT2D eigenvalue weighted by Gasteiger charge is 2.30. The van der Waals surface area contributed by atoms with Crippen LogP contribution in [-0.2, 0) is 65.4 Å². The van der Waals surface area contributed by atoms with E-state index in [1.54, 1.807) is 0 Å². The number of phosphoric acid groups is 2. The molecule has 0 bridgehead atoms. The maximum atomic E-state index is 13.1. The van der Waals surface area contributed by atoms with Gasteiger partial charge >= 0.3 is 39.5 Å². The number of carbonyl (C=O) groups is 4. The molecule has 0 aromatic carbocycles. The van der Waals surface area contributed by atoms with E-state index < -0.39 is 97.5 Å². The third kappa shape index (κ3) is 70.9. The van der Waals surface area contributed by atoms with E-state index in [2.05, 4.69) is 55.4 Å². The summed E-state index contributed by atoms with van der Waals surface area (Å²) in [7, 11) is -9.92. The molecule has 19 heteroatoms. The van der Waals surface area contributed by atoms with Crippen LogP contribution in [0.5, 0.6) is 0 Å². The quantitative estimate of drug-likeness (QED) is 0.0222. The van der Waals surface area contributed by atoms with Crippen molar-refractivity contribution in [3.63, 3.8) is 0 Å². The molecule has 6 atom stereocenters. The monoisotopic (exact) mass is 1420 g/mol. The number of phosphoric ester groups is 2. The first-order valence-corrected chi connectivity index (χ1v) is 43.2. The van der Waals surface area contributed by atoms with Crippen LogP contribution < -0.4 is 0 Å². The van der Waals surface area contributed by atoms with Crippen LogP contribution in [0.2, 0.25) is 0 Å². The van der Waals surface area contributed by atoms with Gasteiger partial charge in [-0.3, -0.25) is 37.3 Å². The summed E-state index contributed by atoms with van der Waals surface area (Å²) in [6, 6.07) is 0. The number of hydrogen-bond donors (Lipinski definition) is 3. The van der Waals surface area contributed by atoms with Gasteiger partial charge in [-0.2, -0.15) is 0 Å². The molecule has 0 radical (unpaired) electrons. The Morgan fingerprint density at radius 3 is 0.732 bits per heavy atom. The molecule has 0 aliphatic heterocycles. The van der Waals surface area contributed by atoms with Gasteiger partial charge < -0.3 is 33.8 Å². The van der Waals surface area contributed by atoms with Gasteiger partial charge in [0.05, 0.1) is 26.4 Å². The van der Waals surface area contributed by atoms with Crippen LogP contribution in [0.25, 0.3) is 0 Å². The number of unbranched alkanes of at least 4 members (excludes halogenated alkanes) is 40. The Balaban J connectivity index is 5.18. The Morgan fingerprint density at radius 1 is 0.289 bits per heavy atom. The maximum absolute atomic E-state index is 13.1. The number of esters is 4. The van der Waals surface area contributed by atoms with Crippen molar-refractivity contribution >= 4 is 39.5 Å². The number of aliphatic hydroxyl groups is 1. The minimum Gasteiger partial charge on any atom is -0.462 e. The second-order valence-corrected chi connectivity index (χ2v) is 32.7. The molecule has 97 heavy (non-hydrogen) atoms. The van der Waals surface area contributed by atoms with Gasteiger partial charge in [-0.15, -0.1) is 0 Å². The molecule has 0 amide bonds. The third-order valence-corrected chi connectivity index (χ3v) is 20.3. The second-order valence-electron chi connectivity index (χ2n) is 29.8. The van der Waals surface area contributed by atoms with Crippen LogP contribution in [0.4, 0.5) is 0 Å². The van der Waals surface area contributed by atoms with Crippen molar-refractivity contribution in [3.05, 3.63) is 0 Å². The number of rotatable bonds is 75. The zero-order chi connectivity index (χ0) is 71.7. The average Bonchev–Trinajstić information content (AvgIpc) is 1.51. The summed E-state index contributed by atoms with van der Waals surface area (Å²) < 4.78 is 68.5. The van der Waals surface area contributed by atoms with Crippen molar-refractivity contribution in [2.24, 2.45) is 23.7 Å². The van der Waals surface area contributed by atoms with Crippen LogP contribution in [0.3, 0.4) is 0 Å². The maximum Gasteiger partial charge on any atom is 0.472 e. The van der Waals surface area contributed by atoms with Crippen molar-refractivity contribution in [2.45, 2.75) is 414 Å². The highest BCUT2D eigenvalue weighted by atomic mass is 31.2. The third-order valence-electron chi connectivity index (χ3n) is 18.4. The summed E-state index contributed by atoms with van der Waals surface area (Å²) in [4.78, 5) is 72.8. The van der Waals surface area contributed by atoms with Gasteiger partial charge in [-0.1, -0.05) is 344 Å². The van der Waals surface area contributed by atoms with Crippen LogP contribution in [0.15, 0.2) is 0 Å². The molecule has 0 aromatic rings. The smallest absolute Gasteiger partial charge is 0.462 e. The van der Waals surface area contributed by atoms with Gasteiger partial charge in [-0.25, -0.2) is 9.13 Å². The lowest BCUT2D eigenvalue weighted by Crippen LogP contribution is -2.30. The Kier molecular flexibility index (Phi) is 65.9.